The molecule has 2 aromatic rings. The van der Waals surface area contributed by atoms with Crippen LogP contribution in [0.5, 0.6) is 0 Å². The highest BCUT2D eigenvalue weighted by molar-refractivity contribution is 7.91. The molecule has 1 aromatic carbocycles. The van der Waals surface area contributed by atoms with Crippen molar-refractivity contribution in [1.82, 2.24) is 10.2 Å². The molecule has 5 nitrogen and oxygen atoms in total. The number of nitrogens with zero attached hydrogens (tertiary/aromatic N) is 1. The predicted molar refractivity (Wildman–Crippen MR) is 88.9 cm³/mol. The van der Waals surface area contributed by atoms with E-state index in [9.17, 15) is 13.2 Å². The van der Waals surface area contributed by atoms with Gasteiger partial charge in [0, 0.05) is 24.3 Å². The van der Waals surface area contributed by atoms with Gasteiger partial charge in [0.05, 0.1) is 11.5 Å². The third-order valence-corrected chi connectivity index (χ3v) is 6.66. The van der Waals surface area contributed by atoms with E-state index in [1.807, 2.05) is 12.1 Å². The highest BCUT2D eigenvalue weighted by atomic mass is 32.2. The Hall–Kier alpha value is -1.60. The summed E-state index contributed by atoms with van der Waals surface area (Å²) >= 11 is 1.66. The van der Waals surface area contributed by atoms with Crippen molar-refractivity contribution >= 4 is 37.3 Å². The molecule has 3 rings (SSSR count). The third kappa shape index (κ3) is 3.25. The molecule has 0 bridgehead atoms. The highest BCUT2D eigenvalue weighted by Crippen LogP contribution is 2.26. The van der Waals surface area contributed by atoms with Crippen molar-refractivity contribution < 1.29 is 13.2 Å². The number of thiophene rings is 1. The van der Waals surface area contributed by atoms with Crippen molar-refractivity contribution in [3.63, 3.8) is 0 Å². The van der Waals surface area contributed by atoms with Gasteiger partial charge >= 0.3 is 6.03 Å². The molecule has 1 saturated heterocycles. The van der Waals surface area contributed by atoms with E-state index in [1.165, 1.54) is 4.70 Å². The Morgan fingerprint density at radius 3 is 2.91 bits per heavy atom. The molecule has 1 aromatic heterocycles. The minimum absolute atomic E-state index is 0.0496. The Bertz CT molecular complexity index is 798. The Morgan fingerprint density at radius 1 is 1.41 bits per heavy atom. The van der Waals surface area contributed by atoms with Crippen LogP contribution in [0.1, 0.15) is 12.0 Å². The van der Waals surface area contributed by atoms with Crippen molar-refractivity contribution in [3.8, 4) is 0 Å². The summed E-state index contributed by atoms with van der Waals surface area (Å²) in [5.41, 5.74) is 1.11. The molecule has 0 aliphatic carbocycles. The Balaban J connectivity index is 1.64. The van der Waals surface area contributed by atoms with Gasteiger partial charge in [0.2, 0.25) is 0 Å². The third-order valence-electron chi connectivity index (χ3n) is 3.88. The van der Waals surface area contributed by atoms with Crippen molar-refractivity contribution in [1.29, 1.82) is 0 Å². The van der Waals surface area contributed by atoms with E-state index >= 15 is 0 Å². The lowest BCUT2D eigenvalue weighted by Gasteiger charge is -2.20. The summed E-state index contributed by atoms with van der Waals surface area (Å²) in [4.78, 5) is 13.8. The maximum atomic E-state index is 12.2. The van der Waals surface area contributed by atoms with Gasteiger partial charge in [0.1, 0.15) is 0 Å². The van der Waals surface area contributed by atoms with E-state index in [1.54, 1.807) is 23.3 Å². The molecule has 2 heterocycles. The normalized spacial score (nSPS) is 20.1. The van der Waals surface area contributed by atoms with Gasteiger partial charge in [-0.2, -0.15) is 0 Å². The number of amides is 2. The fraction of sp³-hybridized carbons (Fsp3) is 0.400. The van der Waals surface area contributed by atoms with Gasteiger partial charge in [0.25, 0.3) is 0 Å². The van der Waals surface area contributed by atoms with Crippen LogP contribution in [0.25, 0.3) is 10.1 Å². The number of benzene rings is 1. The lowest BCUT2D eigenvalue weighted by Crippen LogP contribution is -2.43. The van der Waals surface area contributed by atoms with Gasteiger partial charge in [-0.3, -0.25) is 0 Å². The molecule has 1 atom stereocenters. The first-order valence-electron chi connectivity index (χ1n) is 7.12. The molecule has 7 heteroatoms. The average Bonchev–Trinajstić information content (AvgIpc) is 3.03. The van der Waals surface area contributed by atoms with Crippen LogP contribution in [0.3, 0.4) is 0 Å². The van der Waals surface area contributed by atoms with Gasteiger partial charge in [0.15, 0.2) is 9.84 Å². The molecule has 1 N–H and O–H groups in total. The first kappa shape index (κ1) is 15.3. The zero-order chi connectivity index (χ0) is 15.7. The lowest BCUT2D eigenvalue weighted by molar-refractivity contribution is 0.204. The van der Waals surface area contributed by atoms with Crippen LogP contribution in [0.4, 0.5) is 4.79 Å². The van der Waals surface area contributed by atoms with E-state index in [2.05, 4.69) is 22.8 Å². The van der Waals surface area contributed by atoms with E-state index in [-0.39, 0.29) is 23.6 Å². The zero-order valence-corrected chi connectivity index (χ0v) is 13.9. The van der Waals surface area contributed by atoms with Crippen LogP contribution >= 0.6 is 11.3 Å². The zero-order valence-electron chi connectivity index (χ0n) is 12.3. The summed E-state index contributed by atoms with van der Waals surface area (Å²) in [6.45, 7) is 0.509. The number of hydrogen-bond acceptors (Lipinski definition) is 4. The summed E-state index contributed by atoms with van der Waals surface area (Å²) in [6, 6.07) is 7.61. The van der Waals surface area contributed by atoms with Gasteiger partial charge in [-0.15, -0.1) is 11.3 Å². The molecular formula is C15H18N2O3S2. The Labute approximate surface area is 133 Å². The van der Waals surface area contributed by atoms with Crippen molar-refractivity contribution in [2.45, 2.75) is 19.0 Å². The predicted octanol–water partition coefficient (Wildman–Crippen LogP) is 2.23. The summed E-state index contributed by atoms with van der Waals surface area (Å²) in [5, 5.41) is 6.03. The average molecular weight is 338 g/mol. The van der Waals surface area contributed by atoms with Gasteiger partial charge in [-0.1, -0.05) is 18.2 Å². The molecule has 0 saturated carbocycles. The van der Waals surface area contributed by atoms with E-state index in [0.29, 0.717) is 13.0 Å². The molecule has 118 valence electrons. The fourth-order valence-electron chi connectivity index (χ4n) is 2.68. The highest BCUT2D eigenvalue weighted by Gasteiger charge is 2.29. The maximum absolute atomic E-state index is 12.2. The SMILES string of the molecule is CN(Cc1csc2ccccc12)C(=O)N[C@H]1CCS(=O)(=O)C1. The second-order valence-corrected chi connectivity index (χ2v) is 8.80. The standard InChI is InChI=1S/C15H18N2O3S2/c1-17(15(18)16-12-6-7-22(19,20)10-12)8-11-9-21-14-5-3-2-4-13(11)14/h2-5,9,12H,6-8,10H2,1H3,(H,16,18)/t12-/m0/s1. The molecular weight excluding hydrogens is 320 g/mol. The number of sulfone groups is 1. The molecule has 1 aliphatic heterocycles. The van der Waals surface area contributed by atoms with E-state index in [4.69, 9.17) is 0 Å². The smallest absolute Gasteiger partial charge is 0.317 e. The Morgan fingerprint density at radius 2 is 2.18 bits per heavy atom. The summed E-state index contributed by atoms with van der Waals surface area (Å²) in [6.07, 6.45) is 0.503. The molecule has 0 unspecified atom stereocenters. The summed E-state index contributed by atoms with van der Waals surface area (Å²) in [7, 11) is -1.25. The van der Waals surface area contributed by atoms with Crippen molar-refractivity contribution in [3.05, 3.63) is 35.2 Å². The minimum atomic E-state index is -2.98. The first-order valence-corrected chi connectivity index (χ1v) is 9.82. The van der Waals surface area contributed by atoms with Crippen molar-refractivity contribution in [2.24, 2.45) is 0 Å². The second kappa shape index (κ2) is 5.89. The number of carbonyl (C=O) groups excluding carboxylic acids is 1. The minimum Gasteiger partial charge on any atom is -0.334 e. The summed E-state index contributed by atoms with van der Waals surface area (Å²) in [5.74, 6) is 0.213. The first-order chi connectivity index (χ1) is 10.4. The van der Waals surface area contributed by atoms with Crippen LogP contribution in [0, 0.1) is 0 Å². The Kier molecular flexibility index (Phi) is 4.10. The van der Waals surface area contributed by atoms with E-state index in [0.717, 1.165) is 10.9 Å². The van der Waals surface area contributed by atoms with Gasteiger partial charge in [-0.25, -0.2) is 13.2 Å². The maximum Gasteiger partial charge on any atom is 0.317 e. The topological polar surface area (TPSA) is 66.5 Å². The number of rotatable bonds is 3. The van der Waals surface area contributed by atoms with Crippen LogP contribution < -0.4 is 5.32 Å². The summed E-state index contributed by atoms with van der Waals surface area (Å²) < 4.78 is 24.1. The molecule has 1 aliphatic rings. The monoisotopic (exact) mass is 338 g/mol. The second-order valence-electron chi connectivity index (χ2n) is 5.66. The molecule has 0 radical (unpaired) electrons. The number of carbonyl (C=O) groups is 1. The number of hydrogen-bond donors (Lipinski definition) is 1. The van der Waals surface area contributed by atoms with Crippen LogP contribution in [-0.2, 0) is 16.4 Å². The number of nitrogens with one attached hydrogen (secondary N) is 1. The molecule has 1 fully saturated rings. The number of urea groups is 1. The lowest BCUT2D eigenvalue weighted by atomic mass is 10.2. The van der Waals surface area contributed by atoms with Gasteiger partial charge in [-0.05, 0) is 28.8 Å². The number of fused-ring (bicyclic) bond motifs is 1. The molecule has 2 amide bonds. The molecule has 22 heavy (non-hydrogen) atoms. The van der Waals surface area contributed by atoms with Gasteiger partial charge < -0.3 is 10.2 Å². The quantitative estimate of drug-likeness (QED) is 0.933. The largest absolute Gasteiger partial charge is 0.334 e. The van der Waals surface area contributed by atoms with Crippen LogP contribution in [-0.4, -0.2) is 43.9 Å². The fourth-order valence-corrected chi connectivity index (χ4v) is 5.30. The van der Waals surface area contributed by atoms with E-state index < -0.39 is 9.84 Å². The van der Waals surface area contributed by atoms with Crippen LogP contribution in [0.15, 0.2) is 29.6 Å². The van der Waals surface area contributed by atoms with Crippen molar-refractivity contribution in [2.75, 3.05) is 18.6 Å². The van der Waals surface area contributed by atoms with Crippen LogP contribution in [0.2, 0.25) is 0 Å². The molecule has 0 spiro atoms.